The lowest BCUT2D eigenvalue weighted by molar-refractivity contribution is 0.202. The lowest BCUT2D eigenvalue weighted by Crippen LogP contribution is -2.11. The molecule has 0 aromatic heterocycles. The highest BCUT2D eigenvalue weighted by Crippen LogP contribution is 2.33. The number of hydrogen-bond donors (Lipinski definition) is 0. The summed E-state index contributed by atoms with van der Waals surface area (Å²) in [4.78, 5) is 5.42. The summed E-state index contributed by atoms with van der Waals surface area (Å²) in [6.07, 6.45) is 1.52. The average molecular weight is 391 g/mol. The molecule has 3 aromatic rings. The van der Waals surface area contributed by atoms with Crippen LogP contribution in [0.1, 0.15) is 24.2 Å². The summed E-state index contributed by atoms with van der Waals surface area (Å²) in [7, 11) is -2.58. The topological polar surface area (TPSA) is 51.0 Å². The zero-order valence-corrected chi connectivity index (χ0v) is 16.7. The first kappa shape index (κ1) is 18.4. The summed E-state index contributed by atoms with van der Waals surface area (Å²) in [5.74, 6) is 0.545. The molecular weight excluding hydrogens is 368 g/mol. The molecule has 3 atom stereocenters. The molecule has 0 radical (unpaired) electrons. The van der Waals surface area contributed by atoms with Gasteiger partial charge in [-0.15, -0.1) is 0 Å². The molecule has 4 rings (SSSR count). The second-order valence-electron chi connectivity index (χ2n) is 6.85. The van der Waals surface area contributed by atoms with E-state index in [9.17, 15) is 4.21 Å². The van der Waals surface area contributed by atoms with Crippen molar-refractivity contribution in [3.8, 4) is 0 Å². The van der Waals surface area contributed by atoms with E-state index in [-0.39, 0.29) is 12.1 Å². The van der Waals surface area contributed by atoms with E-state index in [0.717, 1.165) is 11.1 Å². The van der Waals surface area contributed by atoms with Gasteiger partial charge < -0.3 is 4.74 Å². The number of nitrogens with zero attached hydrogens (tertiary/aromatic N) is 2. The Hall–Kier alpha value is -2.92. The second-order valence-corrected chi connectivity index (χ2v) is 9.11. The molecule has 5 heteroatoms. The van der Waals surface area contributed by atoms with Gasteiger partial charge in [-0.1, -0.05) is 60.7 Å². The van der Waals surface area contributed by atoms with Gasteiger partial charge in [-0.25, -0.2) is 9.20 Å². The molecule has 0 unspecified atom stereocenters. The van der Waals surface area contributed by atoms with Gasteiger partial charge in [0.1, 0.15) is 6.10 Å². The van der Waals surface area contributed by atoms with Crippen molar-refractivity contribution >= 4 is 21.3 Å². The van der Waals surface area contributed by atoms with Crippen LogP contribution >= 0.6 is 0 Å². The van der Waals surface area contributed by atoms with Crippen LogP contribution < -0.4 is 0 Å². The van der Waals surface area contributed by atoms with Crippen LogP contribution in [0, 0.1) is 0 Å². The van der Waals surface area contributed by atoms with Crippen LogP contribution in [0.3, 0.4) is 0 Å². The van der Waals surface area contributed by atoms with E-state index in [1.807, 2.05) is 91.9 Å². The Balaban J connectivity index is 1.71. The Kier molecular flexibility index (Phi) is 5.01. The molecule has 28 heavy (non-hydrogen) atoms. The zero-order valence-electron chi connectivity index (χ0n) is 15.9. The molecule has 1 aliphatic rings. The van der Waals surface area contributed by atoms with E-state index in [1.54, 1.807) is 6.26 Å². The van der Waals surface area contributed by atoms with Crippen molar-refractivity contribution in [3.63, 3.8) is 0 Å². The minimum absolute atomic E-state index is 0.00874. The van der Waals surface area contributed by atoms with Crippen LogP contribution in [0.25, 0.3) is 0 Å². The standard InChI is InChI=1S/C23H22N2O2S/c1-17-22(18-11-5-3-6-12-18)27-23(24-17)20-15-9-10-16-21(20)25-28(2,26)19-13-7-4-8-14-19/h3-17,22H,1-2H3/t17-,22-,28-/m0/s1. The minimum Gasteiger partial charge on any atom is -0.467 e. The van der Waals surface area contributed by atoms with E-state index >= 15 is 0 Å². The summed E-state index contributed by atoms with van der Waals surface area (Å²) in [5.41, 5.74) is 2.48. The van der Waals surface area contributed by atoms with Crippen LogP contribution in [0.2, 0.25) is 0 Å². The largest absolute Gasteiger partial charge is 0.467 e. The molecular formula is C23H22N2O2S. The maximum Gasteiger partial charge on any atom is 0.219 e. The van der Waals surface area contributed by atoms with Gasteiger partial charge in [0.05, 0.1) is 27.0 Å². The predicted molar refractivity (Wildman–Crippen MR) is 114 cm³/mol. The second kappa shape index (κ2) is 7.60. The van der Waals surface area contributed by atoms with Gasteiger partial charge in [0, 0.05) is 11.2 Å². The molecule has 0 aliphatic carbocycles. The van der Waals surface area contributed by atoms with Crippen molar-refractivity contribution in [3.05, 3.63) is 96.1 Å². The third kappa shape index (κ3) is 3.71. The maximum atomic E-state index is 13.2. The Morgan fingerprint density at radius 1 is 0.893 bits per heavy atom. The molecule has 4 nitrogen and oxygen atoms in total. The summed E-state index contributed by atoms with van der Waals surface area (Å²) in [5, 5.41) is 0. The number of rotatable bonds is 4. The van der Waals surface area contributed by atoms with Gasteiger partial charge in [-0.3, -0.25) is 0 Å². The van der Waals surface area contributed by atoms with Gasteiger partial charge >= 0.3 is 0 Å². The summed E-state index contributed by atoms with van der Waals surface area (Å²) in [6, 6.07) is 27.0. The fourth-order valence-corrected chi connectivity index (χ4v) is 4.57. The quantitative estimate of drug-likeness (QED) is 0.600. The Morgan fingerprint density at radius 2 is 1.50 bits per heavy atom. The van der Waals surface area contributed by atoms with Gasteiger partial charge in [-0.2, -0.15) is 4.36 Å². The van der Waals surface area contributed by atoms with Crippen LogP contribution in [0.4, 0.5) is 5.69 Å². The van der Waals surface area contributed by atoms with Crippen LogP contribution in [0.5, 0.6) is 0 Å². The summed E-state index contributed by atoms with van der Waals surface area (Å²) in [6.45, 7) is 2.04. The normalized spacial score (nSPS) is 20.7. The van der Waals surface area contributed by atoms with Gasteiger partial charge in [0.25, 0.3) is 0 Å². The molecule has 0 saturated heterocycles. The van der Waals surface area contributed by atoms with Crippen molar-refractivity contribution in [1.82, 2.24) is 0 Å². The van der Waals surface area contributed by atoms with Crippen LogP contribution in [0.15, 0.2) is 99.2 Å². The van der Waals surface area contributed by atoms with E-state index < -0.39 is 9.73 Å². The maximum absolute atomic E-state index is 13.2. The molecule has 0 spiro atoms. The number of benzene rings is 3. The lowest BCUT2D eigenvalue weighted by atomic mass is 10.0. The van der Waals surface area contributed by atoms with E-state index in [1.165, 1.54) is 0 Å². The molecule has 1 aliphatic heterocycles. The smallest absolute Gasteiger partial charge is 0.219 e. The van der Waals surface area contributed by atoms with Gasteiger partial charge in [-0.05, 0) is 36.8 Å². The third-order valence-corrected chi connectivity index (χ3v) is 6.41. The highest BCUT2D eigenvalue weighted by Gasteiger charge is 2.30. The monoisotopic (exact) mass is 390 g/mol. The van der Waals surface area contributed by atoms with Crippen molar-refractivity contribution in [2.75, 3.05) is 6.26 Å². The molecule has 0 saturated carbocycles. The predicted octanol–water partition coefficient (Wildman–Crippen LogP) is 5.38. The number of aliphatic imine (C=N–C) groups is 1. The summed E-state index contributed by atoms with van der Waals surface area (Å²) < 4.78 is 24.0. The van der Waals surface area contributed by atoms with E-state index in [0.29, 0.717) is 16.5 Å². The number of ether oxygens (including phenoxy) is 1. The number of hydrogen-bond acceptors (Lipinski definition) is 4. The molecule has 3 aromatic carbocycles. The van der Waals surface area contributed by atoms with Crippen molar-refractivity contribution in [2.45, 2.75) is 24.0 Å². The van der Waals surface area contributed by atoms with Gasteiger partial charge in [0.15, 0.2) is 0 Å². The first-order chi connectivity index (χ1) is 13.5. The van der Waals surface area contributed by atoms with Crippen molar-refractivity contribution < 1.29 is 8.95 Å². The fourth-order valence-electron chi connectivity index (χ4n) is 3.27. The molecule has 0 amide bonds. The Morgan fingerprint density at radius 3 is 2.21 bits per heavy atom. The molecule has 0 bridgehead atoms. The molecule has 142 valence electrons. The van der Waals surface area contributed by atoms with E-state index in [2.05, 4.69) is 4.36 Å². The molecule has 1 heterocycles. The Bertz CT molecular complexity index is 1120. The lowest BCUT2D eigenvalue weighted by Gasteiger charge is -2.15. The third-order valence-electron chi connectivity index (χ3n) is 4.71. The molecule has 0 fully saturated rings. The van der Waals surface area contributed by atoms with Gasteiger partial charge in [0.2, 0.25) is 5.90 Å². The van der Waals surface area contributed by atoms with E-state index in [4.69, 9.17) is 9.73 Å². The zero-order chi connectivity index (χ0) is 19.6. The van der Waals surface area contributed by atoms with Crippen LogP contribution in [-0.4, -0.2) is 22.4 Å². The summed E-state index contributed by atoms with van der Waals surface area (Å²) >= 11 is 0. The van der Waals surface area contributed by atoms with Crippen LogP contribution in [-0.2, 0) is 14.5 Å². The van der Waals surface area contributed by atoms with Crippen molar-refractivity contribution in [2.24, 2.45) is 9.36 Å². The minimum atomic E-state index is -2.58. The first-order valence-corrected chi connectivity index (χ1v) is 11.1. The SMILES string of the molecule is C[C@@H]1N=C(c2ccccc2N=[S@@](C)(=O)c2ccccc2)O[C@@H]1c1ccccc1. The average Bonchev–Trinajstić information content (AvgIpc) is 3.11. The highest BCUT2D eigenvalue weighted by molar-refractivity contribution is 7.93. The fraction of sp³-hybridized carbons (Fsp3) is 0.174. The highest BCUT2D eigenvalue weighted by atomic mass is 32.2. The first-order valence-electron chi connectivity index (χ1n) is 9.20. The van der Waals surface area contributed by atoms with Crippen molar-refractivity contribution in [1.29, 1.82) is 0 Å². The Labute approximate surface area is 166 Å². The molecule has 0 N–H and O–H groups in total.